The Kier molecular flexibility index (Phi) is 5.35. The van der Waals surface area contributed by atoms with Crippen molar-refractivity contribution in [2.75, 3.05) is 45.2 Å². The molecule has 7 heteroatoms. The van der Waals surface area contributed by atoms with E-state index >= 15 is 0 Å². The quantitative estimate of drug-likeness (QED) is 0.486. The maximum Gasteiger partial charge on any atom is 0.271 e. The van der Waals surface area contributed by atoms with Gasteiger partial charge in [0.25, 0.3) is 5.69 Å². The molecule has 0 spiro atoms. The first kappa shape index (κ1) is 15.5. The summed E-state index contributed by atoms with van der Waals surface area (Å²) in [5.41, 5.74) is 6.04. The van der Waals surface area contributed by atoms with Gasteiger partial charge < -0.3 is 15.2 Å². The zero-order valence-electron chi connectivity index (χ0n) is 12.2. The van der Waals surface area contributed by atoms with E-state index in [4.69, 9.17) is 15.2 Å². The Bertz CT molecular complexity index is 489. The molecule has 0 saturated carbocycles. The van der Waals surface area contributed by atoms with Crippen LogP contribution in [-0.2, 0) is 4.74 Å². The first-order valence-electron chi connectivity index (χ1n) is 7.03. The number of nitro groups is 1. The van der Waals surface area contributed by atoms with E-state index in [-0.39, 0.29) is 5.69 Å². The van der Waals surface area contributed by atoms with Crippen LogP contribution in [0.1, 0.15) is 6.92 Å². The normalized spacial score (nSPS) is 17.4. The Morgan fingerprint density at radius 2 is 2.19 bits per heavy atom. The Hall–Kier alpha value is -1.86. The molecule has 0 aromatic heterocycles. The van der Waals surface area contributed by atoms with E-state index in [0.717, 1.165) is 32.8 Å². The van der Waals surface area contributed by atoms with Crippen LogP contribution < -0.4 is 10.5 Å². The highest BCUT2D eigenvalue weighted by Gasteiger charge is 2.15. The fourth-order valence-electron chi connectivity index (χ4n) is 2.29. The van der Waals surface area contributed by atoms with Gasteiger partial charge in [-0.25, -0.2) is 0 Å². The monoisotopic (exact) mass is 295 g/mol. The zero-order valence-corrected chi connectivity index (χ0v) is 12.2. The lowest BCUT2D eigenvalue weighted by atomic mass is 10.1. The molecule has 1 aromatic rings. The van der Waals surface area contributed by atoms with Crippen molar-refractivity contribution >= 4 is 11.4 Å². The molecule has 21 heavy (non-hydrogen) atoms. The number of morpholine rings is 1. The summed E-state index contributed by atoms with van der Waals surface area (Å²) in [7, 11) is 0. The van der Waals surface area contributed by atoms with Crippen LogP contribution in [-0.4, -0.2) is 49.3 Å². The number of non-ortho nitro benzene ring substituents is 1. The zero-order chi connectivity index (χ0) is 15.2. The Balaban J connectivity index is 1.83. The van der Waals surface area contributed by atoms with Crippen LogP contribution in [0.5, 0.6) is 5.75 Å². The second kappa shape index (κ2) is 7.24. The summed E-state index contributed by atoms with van der Waals surface area (Å²) >= 11 is 0. The van der Waals surface area contributed by atoms with Gasteiger partial charge in [0.05, 0.1) is 30.4 Å². The number of anilines is 1. The first-order valence-corrected chi connectivity index (χ1v) is 7.03. The molecule has 1 fully saturated rings. The van der Waals surface area contributed by atoms with Crippen molar-refractivity contribution in [1.29, 1.82) is 0 Å². The van der Waals surface area contributed by atoms with Crippen LogP contribution in [0.25, 0.3) is 0 Å². The van der Waals surface area contributed by atoms with Gasteiger partial charge in [-0.1, -0.05) is 6.92 Å². The maximum absolute atomic E-state index is 10.6. The van der Waals surface area contributed by atoms with Crippen LogP contribution in [0, 0.1) is 16.0 Å². The Morgan fingerprint density at radius 3 is 2.81 bits per heavy atom. The number of hydrogen-bond donors (Lipinski definition) is 1. The molecule has 1 atom stereocenters. The highest BCUT2D eigenvalue weighted by Crippen LogP contribution is 2.26. The van der Waals surface area contributed by atoms with Gasteiger partial charge in [-0.2, -0.15) is 0 Å². The van der Waals surface area contributed by atoms with E-state index in [0.29, 0.717) is 24.0 Å². The number of rotatable bonds is 6. The van der Waals surface area contributed by atoms with Crippen LogP contribution in [0.15, 0.2) is 18.2 Å². The average Bonchev–Trinajstić information content (AvgIpc) is 2.47. The van der Waals surface area contributed by atoms with Crippen molar-refractivity contribution in [2.24, 2.45) is 5.92 Å². The molecule has 1 heterocycles. The summed E-state index contributed by atoms with van der Waals surface area (Å²) in [5, 5.41) is 10.6. The van der Waals surface area contributed by atoms with Crippen molar-refractivity contribution in [3.05, 3.63) is 28.3 Å². The largest absolute Gasteiger partial charge is 0.491 e. The van der Waals surface area contributed by atoms with E-state index in [1.165, 1.54) is 12.1 Å². The number of nitrogens with two attached hydrogens (primary N) is 1. The smallest absolute Gasteiger partial charge is 0.271 e. The molecule has 2 N–H and O–H groups in total. The van der Waals surface area contributed by atoms with Crippen molar-refractivity contribution in [2.45, 2.75) is 6.92 Å². The molecule has 1 aromatic carbocycles. The second-order valence-corrected chi connectivity index (χ2v) is 5.31. The van der Waals surface area contributed by atoms with Crippen LogP contribution in [0.3, 0.4) is 0 Å². The Morgan fingerprint density at radius 1 is 1.48 bits per heavy atom. The third kappa shape index (κ3) is 4.57. The van der Waals surface area contributed by atoms with E-state index in [1.807, 2.05) is 0 Å². The summed E-state index contributed by atoms with van der Waals surface area (Å²) in [6.07, 6.45) is 0. The number of nitrogen functional groups attached to an aromatic ring is 1. The van der Waals surface area contributed by atoms with Gasteiger partial charge >= 0.3 is 0 Å². The van der Waals surface area contributed by atoms with Gasteiger partial charge in [0.15, 0.2) is 0 Å². The maximum atomic E-state index is 10.6. The average molecular weight is 295 g/mol. The van der Waals surface area contributed by atoms with E-state index in [9.17, 15) is 10.1 Å². The number of hydrogen-bond acceptors (Lipinski definition) is 6. The molecular weight excluding hydrogens is 274 g/mol. The summed E-state index contributed by atoms with van der Waals surface area (Å²) in [4.78, 5) is 12.5. The molecule has 7 nitrogen and oxygen atoms in total. The van der Waals surface area contributed by atoms with Crippen molar-refractivity contribution < 1.29 is 14.4 Å². The van der Waals surface area contributed by atoms with Crippen molar-refractivity contribution in [3.63, 3.8) is 0 Å². The minimum absolute atomic E-state index is 0.0267. The number of benzene rings is 1. The van der Waals surface area contributed by atoms with Crippen LogP contribution >= 0.6 is 0 Å². The summed E-state index contributed by atoms with van der Waals surface area (Å²) < 4.78 is 11.0. The van der Waals surface area contributed by atoms with Gasteiger partial charge in [-0.15, -0.1) is 0 Å². The number of nitrogens with zero attached hydrogens (tertiary/aromatic N) is 2. The minimum atomic E-state index is -0.471. The van der Waals surface area contributed by atoms with Crippen LogP contribution in [0.2, 0.25) is 0 Å². The van der Waals surface area contributed by atoms with Gasteiger partial charge in [0.2, 0.25) is 0 Å². The Labute approximate surface area is 123 Å². The predicted molar refractivity (Wildman–Crippen MR) is 79.4 cm³/mol. The third-order valence-corrected chi connectivity index (χ3v) is 3.40. The van der Waals surface area contributed by atoms with Crippen LogP contribution in [0.4, 0.5) is 11.4 Å². The lowest BCUT2D eigenvalue weighted by molar-refractivity contribution is -0.384. The number of nitro benzene ring substituents is 1. The first-order chi connectivity index (χ1) is 10.1. The fourth-order valence-corrected chi connectivity index (χ4v) is 2.29. The molecule has 0 bridgehead atoms. The summed E-state index contributed by atoms with van der Waals surface area (Å²) in [5.74, 6) is 0.840. The summed E-state index contributed by atoms with van der Waals surface area (Å²) in [6, 6.07) is 4.27. The standard InChI is InChI=1S/C14H21N3O4/c1-11(9-16-4-6-20-7-5-16)10-21-14-3-2-12(17(18)19)8-13(14)15/h2-3,8,11H,4-7,9-10,15H2,1H3. The topological polar surface area (TPSA) is 90.9 Å². The molecule has 1 unspecified atom stereocenters. The molecule has 116 valence electrons. The predicted octanol–water partition coefficient (Wildman–Crippen LogP) is 1.52. The van der Waals surface area contributed by atoms with Gasteiger partial charge in [-0.3, -0.25) is 15.0 Å². The molecule has 0 aliphatic carbocycles. The molecule has 2 rings (SSSR count). The van der Waals surface area contributed by atoms with E-state index < -0.39 is 4.92 Å². The SMILES string of the molecule is CC(COc1ccc([N+](=O)[O-])cc1N)CN1CCOCC1. The fraction of sp³-hybridized carbons (Fsp3) is 0.571. The van der Waals surface area contributed by atoms with Crippen molar-refractivity contribution in [3.8, 4) is 5.75 Å². The van der Waals surface area contributed by atoms with Gasteiger partial charge in [0, 0.05) is 37.7 Å². The highest BCUT2D eigenvalue weighted by molar-refractivity contribution is 5.58. The second-order valence-electron chi connectivity index (χ2n) is 5.31. The number of ether oxygens (including phenoxy) is 2. The minimum Gasteiger partial charge on any atom is -0.491 e. The van der Waals surface area contributed by atoms with E-state index in [1.54, 1.807) is 6.07 Å². The molecule has 1 aliphatic rings. The molecule has 0 radical (unpaired) electrons. The van der Waals surface area contributed by atoms with Crippen molar-refractivity contribution in [1.82, 2.24) is 4.90 Å². The highest BCUT2D eigenvalue weighted by atomic mass is 16.6. The molecule has 1 saturated heterocycles. The van der Waals surface area contributed by atoms with Gasteiger partial charge in [-0.05, 0) is 6.07 Å². The van der Waals surface area contributed by atoms with E-state index in [2.05, 4.69) is 11.8 Å². The lowest BCUT2D eigenvalue weighted by Gasteiger charge is -2.29. The molecule has 1 aliphatic heterocycles. The summed E-state index contributed by atoms with van der Waals surface area (Å²) in [6.45, 7) is 7.03. The third-order valence-electron chi connectivity index (χ3n) is 3.40. The lowest BCUT2D eigenvalue weighted by Crippen LogP contribution is -2.39. The van der Waals surface area contributed by atoms with Gasteiger partial charge in [0.1, 0.15) is 5.75 Å². The molecular formula is C14H21N3O4. The molecule has 0 amide bonds.